The van der Waals surface area contributed by atoms with Gasteiger partial charge >= 0.3 is 0 Å². The third kappa shape index (κ3) is 4.11. The molecule has 0 atom stereocenters. The highest BCUT2D eigenvalue weighted by molar-refractivity contribution is 5.70. The SMILES string of the molecule is C/C=C(F)\C=C/Cc1nc(C=O)n(C(C)C)c1C(OC)OC. The summed E-state index contributed by atoms with van der Waals surface area (Å²) in [5, 5.41) is 0. The van der Waals surface area contributed by atoms with Gasteiger partial charge in [-0.25, -0.2) is 9.37 Å². The van der Waals surface area contributed by atoms with Crippen LogP contribution in [0.5, 0.6) is 0 Å². The van der Waals surface area contributed by atoms with Crippen LogP contribution < -0.4 is 0 Å². The van der Waals surface area contributed by atoms with E-state index >= 15 is 0 Å². The summed E-state index contributed by atoms with van der Waals surface area (Å²) in [7, 11) is 3.04. The van der Waals surface area contributed by atoms with Gasteiger partial charge in [0, 0.05) is 26.7 Å². The van der Waals surface area contributed by atoms with Gasteiger partial charge in [-0.1, -0.05) is 12.2 Å². The van der Waals surface area contributed by atoms with Gasteiger partial charge in [0.2, 0.25) is 0 Å². The molecule has 1 rings (SSSR count). The zero-order chi connectivity index (χ0) is 16.7. The Morgan fingerprint density at radius 1 is 1.36 bits per heavy atom. The minimum Gasteiger partial charge on any atom is -0.350 e. The van der Waals surface area contributed by atoms with Crippen LogP contribution in [0.25, 0.3) is 0 Å². The minimum absolute atomic E-state index is 0.0144. The number of allylic oxidation sites excluding steroid dienone is 4. The molecule has 0 aliphatic carbocycles. The van der Waals surface area contributed by atoms with Crippen molar-refractivity contribution in [3.05, 3.63) is 41.3 Å². The first-order valence-corrected chi connectivity index (χ1v) is 7.10. The van der Waals surface area contributed by atoms with Crippen molar-refractivity contribution in [2.24, 2.45) is 0 Å². The Bertz CT molecular complexity index is 558. The zero-order valence-electron chi connectivity index (χ0n) is 13.7. The lowest BCUT2D eigenvalue weighted by molar-refractivity contribution is -0.111. The van der Waals surface area contributed by atoms with Gasteiger partial charge in [0.15, 0.2) is 18.4 Å². The lowest BCUT2D eigenvalue weighted by atomic mass is 10.2. The normalized spacial score (nSPS) is 12.8. The van der Waals surface area contributed by atoms with Crippen molar-refractivity contribution in [2.75, 3.05) is 14.2 Å². The third-order valence-electron chi connectivity index (χ3n) is 3.19. The quantitative estimate of drug-likeness (QED) is 0.419. The van der Waals surface area contributed by atoms with E-state index in [2.05, 4.69) is 4.98 Å². The lowest BCUT2D eigenvalue weighted by Crippen LogP contribution is -2.16. The fourth-order valence-corrected chi connectivity index (χ4v) is 2.24. The van der Waals surface area contributed by atoms with E-state index in [1.165, 1.54) is 26.4 Å². The Morgan fingerprint density at radius 2 is 2.00 bits per heavy atom. The number of nitrogens with zero attached hydrogens (tertiary/aromatic N) is 2. The fraction of sp³-hybridized carbons (Fsp3) is 0.500. The molecule has 0 aliphatic rings. The molecular formula is C16H23FN2O3. The molecule has 22 heavy (non-hydrogen) atoms. The lowest BCUT2D eigenvalue weighted by Gasteiger charge is -2.20. The first kappa shape index (κ1) is 18.3. The Morgan fingerprint density at radius 3 is 2.45 bits per heavy atom. The summed E-state index contributed by atoms with van der Waals surface area (Å²) in [6, 6.07) is 0.0144. The van der Waals surface area contributed by atoms with Gasteiger partial charge in [0.25, 0.3) is 0 Å². The highest BCUT2D eigenvalue weighted by Gasteiger charge is 2.25. The van der Waals surface area contributed by atoms with E-state index in [9.17, 15) is 9.18 Å². The highest BCUT2D eigenvalue weighted by Crippen LogP contribution is 2.27. The molecule has 1 aromatic heterocycles. The maximum absolute atomic E-state index is 13.1. The maximum Gasteiger partial charge on any atom is 0.200 e. The molecule has 0 amide bonds. The van der Waals surface area contributed by atoms with Crippen molar-refractivity contribution in [3.8, 4) is 0 Å². The van der Waals surface area contributed by atoms with Crippen LogP contribution in [0.2, 0.25) is 0 Å². The summed E-state index contributed by atoms with van der Waals surface area (Å²) in [6.07, 6.45) is 4.83. The number of methoxy groups -OCH3 is 2. The molecule has 0 saturated heterocycles. The molecule has 1 heterocycles. The first-order valence-electron chi connectivity index (χ1n) is 7.10. The van der Waals surface area contributed by atoms with Crippen LogP contribution in [0.3, 0.4) is 0 Å². The second-order valence-corrected chi connectivity index (χ2v) is 4.97. The standard InChI is InChI=1S/C16H23FN2O3/c1-6-12(17)8-7-9-13-15(16(21-4)22-5)19(11(2)3)14(10-20)18-13/h6-8,10-11,16H,9H2,1-5H3/b8-7-,12-6+. The molecule has 0 aromatic carbocycles. The molecule has 0 bridgehead atoms. The number of hydrogen-bond donors (Lipinski definition) is 0. The number of carbonyl (C=O) groups is 1. The van der Waals surface area contributed by atoms with E-state index in [4.69, 9.17) is 9.47 Å². The highest BCUT2D eigenvalue weighted by atomic mass is 19.1. The summed E-state index contributed by atoms with van der Waals surface area (Å²) < 4.78 is 25.6. The van der Waals surface area contributed by atoms with Crippen LogP contribution in [0.15, 0.2) is 24.1 Å². The van der Waals surface area contributed by atoms with E-state index in [1.807, 2.05) is 13.8 Å². The average Bonchev–Trinajstić information content (AvgIpc) is 2.87. The smallest absolute Gasteiger partial charge is 0.200 e. The van der Waals surface area contributed by atoms with Crippen molar-refractivity contribution in [1.82, 2.24) is 9.55 Å². The summed E-state index contributed by atoms with van der Waals surface area (Å²) in [5.74, 6) is -0.0190. The molecule has 122 valence electrons. The van der Waals surface area contributed by atoms with Gasteiger partial charge in [0.05, 0.1) is 11.4 Å². The molecule has 0 fully saturated rings. The van der Waals surface area contributed by atoms with E-state index in [1.54, 1.807) is 17.6 Å². The summed E-state index contributed by atoms with van der Waals surface area (Å²) in [4.78, 5) is 15.6. The molecule has 0 saturated carbocycles. The van der Waals surface area contributed by atoms with Crippen LogP contribution in [0, 0.1) is 0 Å². The van der Waals surface area contributed by atoms with Crippen LogP contribution in [0.4, 0.5) is 4.39 Å². The summed E-state index contributed by atoms with van der Waals surface area (Å²) in [6.45, 7) is 5.51. The van der Waals surface area contributed by atoms with Crippen molar-refractivity contribution >= 4 is 6.29 Å². The van der Waals surface area contributed by atoms with Crippen LogP contribution >= 0.6 is 0 Å². The van der Waals surface area contributed by atoms with Gasteiger partial charge in [-0.15, -0.1) is 0 Å². The first-order chi connectivity index (χ1) is 10.5. The second-order valence-electron chi connectivity index (χ2n) is 4.97. The number of ether oxygens (including phenoxy) is 2. The number of aldehydes is 1. The van der Waals surface area contributed by atoms with Crippen molar-refractivity contribution in [1.29, 1.82) is 0 Å². The van der Waals surface area contributed by atoms with Crippen molar-refractivity contribution in [3.63, 3.8) is 0 Å². The number of carbonyl (C=O) groups excluding carboxylic acids is 1. The van der Waals surface area contributed by atoms with Crippen molar-refractivity contribution < 1.29 is 18.7 Å². The van der Waals surface area contributed by atoms with E-state index < -0.39 is 6.29 Å². The predicted octanol–water partition coefficient (Wildman–Crippen LogP) is 3.54. The number of aromatic nitrogens is 2. The molecule has 0 radical (unpaired) electrons. The van der Waals surface area contributed by atoms with Crippen LogP contribution in [-0.2, 0) is 15.9 Å². The molecule has 0 unspecified atom stereocenters. The molecule has 0 N–H and O–H groups in total. The Kier molecular flexibility index (Phi) is 7.14. The Hall–Kier alpha value is -1.79. The molecule has 5 nitrogen and oxygen atoms in total. The molecule has 0 spiro atoms. The minimum atomic E-state index is -0.640. The average molecular weight is 310 g/mol. The molecule has 0 aliphatic heterocycles. The van der Waals surface area contributed by atoms with E-state index in [-0.39, 0.29) is 11.9 Å². The van der Waals surface area contributed by atoms with E-state index in [0.29, 0.717) is 29.9 Å². The Labute approximate surface area is 130 Å². The monoisotopic (exact) mass is 310 g/mol. The van der Waals surface area contributed by atoms with Gasteiger partial charge in [-0.3, -0.25) is 4.79 Å². The molecule has 6 heteroatoms. The summed E-state index contributed by atoms with van der Waals surface area (Å²) >= 11 is 0. The summed E-state index contributed by atoms with van der Waals surface area (Å²) in [5.41, 5.74) is 1.30. The van der Waals surface area contributed by atoms with Gasteiger partial charge in [-0.2, -0.15) is 0 Å². The fourth-order valence-electron chi connectivity index (χ4n) is 2.24. The van der Waals surface area contributed by atoms with Gasteiger partial charge < -0.3 is 14.0 Å². The number of halogens is 1. The van der Waals surface area contributed by atoms with Crippen LogP contribution in [0.1, 0.15) is 55.1 Å². The maximum atomic E-state index is 13.1. The second kappa shape index (κ2) is 8.60. The molecular weight excluding hydrogens is 287 g/mol. The predicted molar refractivity (Wildman–Crippen MR) is 82.5 cm³/mol. The number of imidazole rings is 1. The van der Waals surface area contributed by atoms with Crippen molar-refractivity contribution in [2.45, 2.75) is 39.5 Å². The largest absolute Gasteiger partial charge is 0.350 e. The Balaban J connectivity index is 3.30. The molecule has 1 aromatic rings. The number of hydrogen-bond acceptors (Lipinski definition) is 4. The third-order valence-corrected chi connectivity index (χ3v) is 3.19. The topological polar surface area (TPSA) is 53.4 Å². The number of rotatable bonds is 8. The zero-order valence-corrected chi connectivity index (χ0v) is 13.7. The van der Waals surface area contributed by atoms with Gasteiger partial charge in [0.1, 0.15) is 5.83 Å². The van der Waals surface area contributed by atoms with E-state index in [0.717, 1.165) is 0 Å². The van der Waals surface area contributed by atoms with Gasteiger partial charge in [-0.05, 0) is 26.8 Å². The van der Waals surface area contributed by atoms with Crippen LogP contribution in [-0.4, -0.2) is 30.1 Å².